The molecule has 4 N–H and O–H groups in total. The lowest BCUT2D eigenvalue weighted by molar-refractivity contribution is 0.480. The monoisotopic (exact) mass is 316 g/mol. The molecule has 1 heterocycles. The van der Waals surface area contributed by atoms with Crippen molar-refractivity contribution in [2.45, 2.75) is 6.54 Å². The van der Waals surface area contributed by atoms with E-state index in [0.717, 1.165) is 11.1 Å². The van der Waals surface area contributed by atoms with Gasteiger partial charge in [0.25, 0.3) is 0 Å². The Bertz CT molecular complexity index is 962. The van der Waals surface area contributed by atoms with Crippen LogP contribution in [0.2, 0.25) is 0 Å². The van der Waals surface area contributed by atoms with Crippen LogP contribution in [0.3, 0.4) is 0 Å². The fourth-order valence-electron chi connectivity index (χ4n) is 2.41. The first-order valence-corrected chi connectivity index (χ1v) is 7.44. The van der Waals surface area contributed by atoms with E-state index in [1.54, 1.807) is 6.07 Å². The molecular weight excluding hydrogens is 300 g/mol. The summed E-state index contributed by atoms with van der Waals surface area (Å²) < 4.78 is 0. The number of benzene rings is 2. The standard InChI is InChI=1S/C19H16N4O/c20-11-14(19(21)22-12-13-6-2-1-3-7-13)10-17-18(24)15-8-4-5-9-16(15)23-17/h1-10,23-24H,12H2,(H2,21,22)/b14-10+. The molecule has 3 rings (SSSR count). The number of hydrogen-bond donors (Lipinski definition) is 3. The van der Waals surface area contributed by atoms with Gasteiger partial charge >= 0.3 is 0 Å². The molecule has 0 aliphatic carbocycles. The molecule has 0 unspecified atom stereocenters. The van der Waals surface area contributed by atoms with E-state index in [1.165, 1.54) is 6.08 Å². The van der Waals surface area contributed by atoms with Crippen molar-refractivity contribution >= 4 is 22.8 Å². The molecule has 0 aliphatic rings. The molecule has 3 aromatic rings. The molecule has 2 aromatic carbocycles. The minimum Gasteiger partial charge on any atom is -0.505 e. The highest BCUT2D eigenvalue weighted by Crippen LogP contribution is 2.29. The minimum atomic E-state index is 0.0919. The fraction of sp³-hybridized carbons (Fsp3) is 0.0526. The third kappa shape index (κ3) is 3.13. The van der Waals surface area contributed by atoms with Crippen LogP contribution in [0.1, 0.15) is 11.3 Å². The van der Waals surface area contributed by atoms with Crippen LogP contribution >= 0.6 is 0 Å². The second-order valence-corrected chi connectivity index (χ2v) is 5.29. The highest BCUT2D eigenvalue weighted by molar-refractivity contribution is 6.05. The first kappa shape index (κ1) is 15.4. The number of aromatic amines is 1. The zero-order valence-electron chi connectivity index (χ0n) is 12.9. The molecule has 0 saturated heterocycles. The number of hydrogen-bond acceptors (Lipinski definition) is 3. The van der Waals surface area contributed by atoms with Gasteiger partial charge in [-0.1, -0.05) is 42.5 Å². The maximum absolute atomic E-state index is 10.3. The van der Waals surface area contributed by atoms with E-state index >= 15 is 0 Å². The molecule has 0 saturated carbocycles. The second kappa shape index (κ2) is 6.71. The van der Waals surface area contributed by atoms with E-state index in [-0.39, 0.29) is 17.2 Å². The Morgan fingerprint density at radius 1 is 1.17 bits per heavy atom. The molecule has 5 nitrogen and oxygen atoms in total. The lowest BCUT2D eigenvalue weighted by Gasteiger charge is -2.00. The Labute approximate surface area is 139 Å². The summed E-state index contributed by atoms with van der Waals surface area (Å²) in [6, 6.07) is 19.0. The number of nitrogens with one attached hydrogen (secondary N) is 1. The maximum Gasteiger partial charge on any atom is 0.148 e. The van der Waals surface area contributed by atoms with Crippen LogP contribution in [-0.2, 0) is 6.54 Å². The van der Waals surface area contributed by atoms with Crippen molar-refractivity contribution in [3.8, 4) is 11.8 Å². The smallest absolute Gasteiger partial charge is 0.148 e. The highest BCUT2D eigenvalue weighted by Gasteiger charge is 2.10. The quantitative estimate of drug-likeness (QED) is 0.391. The molecule has 1 aromatic heterocycles. The van der Waals surface area contributed by atoms with Gasteiger partial charge in [-0.3, -0.25) is 4.99 Å². The maximum atomic E-state index is 10.3. The Morgan fingerprint density at radius 3 is 2.58 bits per heavy atom. The number of nitrogens with zero attached hydrogens (tertiary/aromatic N) is 2. The van der Waals surface area contributed by atoms with Crippen molar-refractivity contribution < 1.29 is 5.11 Å². The predicted octanol–water partition coefficient (Wildman–Crippen LogP) is 3.34. The molecule has 0 fully saturated rings. The van der Waals surface area contributed by atoms with Gasteiger partial charge in [0, 0.05) is 10.9 Å². The van der Waals surface area contributed by atoms with Crippen molar-refractivity contribution in [3.63, 3.8) is 0 Å². The van der Waals surface area contributed by atoms with Crippen molar-refractivity contribution in [1.82, 2.24) is 4.98 Å². The summed E-state index contributed by atoms with van der Waals surface area (Å²) in [5.74, 6) is 0.230. The van der Waals surface area contributed by atoms with Crippen LogP contribution < -0.4 is 5.73 Å². The van der Waals surface area contributed by atoms with Crippen LogP contribution in [0.15, 0.2) is 65.2 Å². The number of nitrogens with two attached hydrogens (primary N) is 1. The van der Waals surface area contributed by atoms with Crippen molar-refractivity contribution in [3.05, 3.63) is 71.4 Å². The summed E-state index contributed by atoms with van der Waals surface area (Å²) in [6.45, 7) is 0.393. The third-order valence-corrected chi connectivity index (χ3v) is 3.67. The molecule has 5 heteroatoms. The zero-order valence-corrected chi connectivity index (χ0v) is 12.9. The normalized spacial score (nSPS) is 12.3. The second-order valence-electron chi connectivity index (χ2n) is 5.29. The summed E-state index contributed by atoms with van der Waals surface area (Å²) in [7, 11) is 0. The molecular formula is C19H16N4O. The summed E-state index contributed by atoms with van der Waals surface area (Å²) in [5, 5.41) is 20.3. The van der Waals surface area contributed by atoms with E-state index < -0.39 is 0 Å². The molecule has 0 aliphatic heterocycles. The predicted molar refractivity (Wildman–Crippen MR) is 95.3 cm³/mol. The molecule has 0 amide bonds. The number of aromatic hydroxyl groups is 1. The summed E-state index contributed by atoms with van der Waals surface area (Å²) in [4.78, 5) is 7.32. The Kier molecular flexibility index (Phi) is 4.30. The molecule has 24 heavy (non-hydrogen) atoms. The number of fused-ring (bicyclic) bond motifs is 1. The number of aromatic nitrogens is 1. The van der Waals surface area contributed by atoms with Gasteiger partial charge in [-0.15, -0.1) is 0 Å². The Hall–Kier alpha value is -3.52. The van der Waals surface area contributed by atoms with Gasteiger partial charge in [-0.25, -0.2) is 0 Å². The minimum absolute atomic E-state index is 0.0919. The van der Waals surface area contributed by atoms with Gasteiger partial charge in [0.2, 0.25) is 0 Å². The summed E-state index contributed by atoms with van der Waals surface area (Å²) >= 11 is 0. The number of para-hydroxylation sites is 1. The van der Waals surface area contributed by atoms with E-state index in [1.807, 2.05) is 54.6 Å². The van der Waals surface area contributed by atoms with E-state index in [2.05, 4.69) is 9.98 Å². The van der Waals surface area contributed by atoms with Gasteiger partial charge in [0.15, 0.2) is 0 Å². The molecule has 118 valence electrons. The van der Waals surface area contributed by atoms with Crippen molar-refractivity contribution in [2.75, 3.05) is 0 Å². The van der Waals surface area contributed by atoms with Gasteiger partial charge in [0.05, 0.1) is 17.8 Å². The highest BCUT2D eigenvalue weighted by atomic mass is 16.3. The SMILES string of the molecule is N#C/C(=C\c1[nH]c2ccccc2c1O)C(N)=NCc1ccccc1. The topological polar surface area (TPSA) is 98.2 Å². The Balaban J connectivity index is 1.91. The Morgan fingerprint density at radius 2 is 1.88 bits per heavy atom. The van der Waals surface area contributed by atoms with E-state index in [9.17, 15) is 10.4 Å². The third-order valence-electron chi connectivity index (χ3n) is 3.67. The first-order valence-electron chi connectivity index (χ1n) is 7.44. The number of aliphatic imine (C=N–C) groups is 1. The summed E-state index contributed by atoms with van der Waals surface area (Å²) in [6.07, 6.45) is 1.51. The van der Waals surface area contributed by atoms with Gasteiger partial charge in [-0.05, 0) is 23.8 Å². The van der Waals surface area contributed by atoms with Gasteiger partial charge < -0.3 is 15.8 Å². The number of H-pyrrole nitrogens is 1. The van der Waals surface area contributed by atoms with Crippen LogP contribution in [0, 0.1) is 11.3 Å². The van der Waals surface area contributed by atoms with Crippen molar-refractivity contribution in [1.29, 1.82) is 5.26 Å². The van der Waals surface area contributed by atoms with Crippen LogP contribution in [0.25, 0.3) is 17.0 Å². The largest absolute Gasteiger partial charge is 0.505 e. The van der Waals surface area contributed by atoms with Crippen LogP contribution in [-0.4, -0.2) is 15.9 Å². The number of rotatable bonds is 4. The first-order chi connectivity index (χ1) is 11.7. The number of nitriles is 1. The molecule has 0 bridgehead atoms. The average molecular weight is 316 g/mol. The summed E-state index contributed by atoms with van der Waals surface area (Å²) in [5.41, 5.74) is 8.37. The van der Waals surface area contributed by atoms with Gasteiger partial charge in [0.1, 0.15) is 17.7 Å². The van der Waals surface area contributed by atoms with Crippen LogP contribution in [0.4, 0.5) is 0 Å². The molecule has 0 atom stereocenters. The van der Waals surface area contributed by atoms with Crippen LogP contribution in [0.5, 0.6) is 5.75 Å². The lowest BCUT2D eigenvalue weighted by atomic mass is 10.2. The average Bonchev–Trinajstić information content (AvgIpc) is 2.94. The van der Waals surface area contributed by atoms with Gasteiger partial charge in [-0.2, -0.15) is 5.26 Å². The van der Waals surface area contributed by atoms with E-state index in [0.29, 0.717) is 17.6 Å². The molecule has 0 radical (unpaired) electrons. The zero-order chi connectivity index (χ0) is 16.9. The van der Waals surface area contributed by atoms with Crippen molar-refractivity contribution in [2.24, 2.45) is 10.7 Å². The number of amidine groups is 1. The lowest BCUT2D eigenvalue weighted by Crippen LogP contribution is -2.14. The van der Waals surface area contributed by atoms with E-state index in [4.69, 9.17) is 5.73 Å². The fourth-order valence-corrected chi connectivity index (χ4v) is 2.41. The molecule has 0 spiro atoms.